The van der Waals surface area contributed by atoms with Gasteiger partial charge in [-0.2, -0.15) is 0 Å². The van der Waals surface area contributed by atoms with E-state index in [1.54, 1.807) is 0 Å². The van der Waals surface area contributed by atoms with Crippen molar-refractivity contribution >= 4 is 5.91 Å². The summed E-state index contributed by atoms with van der Waals surface area (Å²) in [5.74, 6) is 0.0314. The molecule has 1 aliphatic rings. The first-order valence-corrected chi connectivity index (χ1v) is 5.82. The van der Waals surface area contributed by atoms with Gasteiger partial charge in [-0.05, 0) is 19.3 Å². The van der Waals surface area contributed by atoms with Crippen molar-refractivity contribution in [2.45, 2.75) is 46.3 Å². The van der Waals surface area contributed by atoms with Crippen LogP contribution in [0, 0.1) is 5.41 Å². The Kier molecular flexibility index (Phi) is 3.65. The molecule has 1 heterocycles. The van der Waals surface area contributed by atoms with Crippen LogP contribution < -0.4 is 5.73 Å². The van der Waals surface area contributed by atoms with Gasteiger partial charge in [-0.3, -0.25) is 4.79 Å². The van der Waals surface area contributed by atoms with Crippen molar-refractivity contribution in [3.8, 4) is 0 Å². The second kappa shape index (κ2) is 4.34. The number of carbonyl (C=O) groups excluding carboxylic acids is 1. The van der Waals surface area contributed by atoms with Gasteiger partial charge in [0.05, 0.1) is 18.2 Å². The van der Waals surface area contributed by atoms with E-state index in [-0.39, 0.29) is 16.9 Å². The summed E-state index contributed by atoms with van der Waals surface area (Å²) in [5, 5.41) is 0. The molecule has 0 aromatic heterocycles. The fourth-order valence-corrected chi connectivity index (χ4v) is 1.77. The van der Waals surface area contributed by atoms with Gasteiger partial charge >= 0.3 is 0 Å². The first kappa shape index (κ1) is 13.5. The lowest BCUT2D eigenvalue weighted by atomic mass is 9.86. The number of hydrogen-bond acceptors (Lipinski definition) is 3. The smallest absolute Gasteiger partial charge is 0.240 e. The highest BCUT2D eigenvalue weighted by Gasteiger charge is 2.35. The number of ether oxygens (including phenoxy) is 1. The van der Waals surface area contributed by atoms with E-state index in [4.69, 9.17) is 10.5 Å². The van der Waals surface area contributed by atoms with Crippen molar-refractivity contribution < 1.29 is 9.53 Å². The summed E-state index contributed by atoms with van der Waals surface area (Å²) in [5.41, 5.74) is 5.53. The van der Waals surface area contributed by atoms with E-state index in [1.165, 1.54) is 0 Å². The van der Waals surface area contributed by atoms with Gasteiger partial charge in [-0.1, -0.05) is 20.8 Å². The summed E-state index contributed by atoms with van der Waals surface area (Å²) in [6.07, 6.45) is 0. The summed E-state index contributed by atoms with van der Waals surface area (Å²) < 4.78 is 5.58. The Morgan fingerprint density at radius 1 is 1.44 bits per heavy atom. The maximum absolute atomic E-state index is 12.2. The fraction of sp³-hybridized carbons (Fsp3) is 0.917. The van der Waals surface area contributed by atoms with Gasteiger partial charge in [-0.15, -0.1) is 0 Å². The van der Waals surface area contributed by atoms with Crippen LogP contribution in [0.4, 0.5) is 0 Å². The first-order chi connectivity index (χ1) is 7.13. The van der Waals surface area contributed by atoms with Crippen LogP contribution >= 0.6 is 0 Å². The third kappa shape index (κ3) is 3.19. The molecule has 0 spiro atoms. The summed E-state index contributed by atoms with van der Waals surface area (Å²) in [6.45, 7) is 11.8. The zero-order chi connectivity index (χ0) is 12.6. The van der Waals surface area contributed by atoms with Crippen molar-refractivity contribution in [2.75, 3.05) is 19.7 Å². The molecule has 0 aliphatic carbocycles. The topological polar surface area (TPSA) is 55.6 Å². The predicted molar refractivity (Wildman–Crippen MR) is 64.0 cm³/mol. The first-order valence-electron chi connectivity index (χ1n) is 5.82. The number of amides is 1. The molecular weight excluding hydrogens is 204 g/mol. The van der Waals surface area contributed by atoms with Crippen molar-refractivity contribution in [2.24, 2.45) is 11.1 Å². The molecule has 1 rings (SSSR count). The van der Waals surface area contributed by atoms with Crippen LogP contribution in [0.3, 0.4) is 0 Å². The number of rotatable bonds is 1. The molecule has 2 N–H and O–H groups in total. The summed E-state index contributed by atoms with van der Waals surface area (Å²) in [4.78, 5) is 14.0. The van der Waals surface area contributed by atoms with E-state index >= 15 is 0 Å². The lowest BCUT2D eigenvalue weighted by Gasteiger charge is -2.40. The minimum absolute atomic E-state index is 0.0314. The van der Waals surface area contributed by atoms with Crippen LogP contribution in [0.2, 0.25) is 0 Å². The minimum Gasteiger partial charge on any atom is -0.372 e. The average molecular weight is 228 g/mol. The summed E-state index contributed by atoms with van der Waals surface area (Å²) >= 11 is 0. The Morgan fingerprint density at radius 2 is 2.00 bits per heavy atom. The molecule has 0 radical (unpaired) electrons. The highest BCUT2D eigenvalue weighted by atomic mass is 16.5. The van der Waals surface area contributed by atoms with Gasteiger partial charge in [0, 0.05) is 13.1 Å². The maximum atomic E-state index is 12.2. The predicted octanol–water partition coefficient (Wildman–Crippen LogP) is 0.997. The zero-order valence-corrected chi connectivity index (χ0v) is 11.0. The SMILES string of the molecule is CC1(C)CN(C(=O)[C@@H](N)C(C)(C)C)CCO1. The highest BCUT2D eigenvalue weighted by Crippen LogP contribution is 2.22. The van der Waals surface area contributed by atoms with Crippen molar-refractivity contribution in [3.05, 3.63) is 0 Å². The molecule has 0 aromatic rings. The van der Waals surface area contributed by atoms with E-state index in [0.717, 1.165) is 0 Å². The van der Waals surface area contributed by atoms with Crippen molar-refractivity contribution in [1.82, 2.24) is 4.90 Å². The van der Waals surface area contributed by atoms with E-state index < -0.39 is 6.04 Å². The Bertz CT molecular complexity index is 269. The highest BCUT2D eigenvalue weighted by molar-refractivity contribution is 5.82. The molecule has 0 aromatic carbocycles. The molecule has 94 valence electrons. The number of hydrogen-bond donors (Lipinski definition) is 1. The van der Waals surface area contributed by atoms with E-state index in [1.807, 2.05) is 39.5 Å². The molecule has 0 unspecified atom stereocenters. The molecule has 1 saturated heterocycles. The fourth-order valence-electron chi connectivity index (χ4n) is 1.77. The van der Waals surface area contributed by atoms with Crippen LogP contribution in [0.1, 0.15) is 34.6 Å². The van der Waals surface area contributed by atoms with Gasteiger partial charge in [0.25, 0.3) is 0 Å². The Labute approximate surface area is 98.1 Å². The van der Waals surface area contributed by atoms with Crippen molar-refractivity contribution in [1.29, 1.82) is 0 Å². The molecule has 16 heavy (non-hydrogen) atoms. The average Bonchev–Trinajstić information content (AvgIpc) is 2.12. The minimum atomic E-state index is -0.443. The Balaban J connectivity index is 2.68. The number of morpholine rings is 1. The maximum Gasteiger partial charge on any atom is 0.240 e. The van der Waals surface area contributed by atoms with E-state index in [9.17, 15) is 4.79 Å². The Hall–Kier alpha value is -0.610. The number of nitrogens with two attached hydrogens (primary N) is 1. The van der Waals surface area contributed by atoms with Gasteiger partial charge in [-0.25, -0.2) is 0 Å². The Morgan fingerprint density at radius 3 is 2.44 bits per heavy atom. The quantitative estimate of drug-likeness (QED) is 0.728. The molecule has 0 bridgehead atoms. The lowest BCUT2D eigenvalue weighted by Crippen LogP contribution is -2.57. The largest absolute Gasteiger partial charge is 0.372 e. The summed E-state index contributed by atoms with van der Waals surface area (Å²) in [6, 6.07) is -0.443. The van der Waals surface area contributed by atoms with Gasteiger partial charge < -0.3 is 15.4 Å². The normalized spacial score (nSPS) is 23.0. The monoisotopic (exact) mass is 228 g/mol. The van der Waals surface area contributed by atoms with E-state index in [0.29, 0.717) is 19.7 Å². The third-order valence-electron chi connectivity index (χ3n) is 2.94. The molecule has 4 nitrogen and oxygen atoms in total. The summed E-state index contributed by atoms with van der Waals surface area (Å²) in [7, 11) is 0. The van der Waals surface area contributed by atoms with Gasteiger partial charge in [0.2, 0.25) is 5.91 Å². The standard InChI is InChI=1S/C12H24N2O2/c1-11(2,3)9(13)10(15)14-6-7-16-12(4,5)8-14/h9H,6-8,13H2,1-5H3/t9-/m1/s1. The zero-order valence-electron chi connectivity index (χ0n) is 11.0. The van der Waals surface area contributed by atoms with Gasteiger partial charge in [0.15, 0.2) is 0 Å². The number of nitrogens with zero attached hydrogens (tertiary/aromatic N) is 1. The third-order valence-corrected chi connectivity index (χ3v) is 2.94. The van der Waals surface area contributed by atoms with Gasteiger partial charge in [0.1, 0.15) is 0 Å². The number of carbonyl (C=O) groups is 1. The molecule has 1 aliphatic heterocycles. The second-order valence-electron chi connectivity index (χ2n) is 6.21. The van der Waals surface area contributed by atoms with Crippen LogP contribution in [-0.4, -0.2) is 42.1 Å². The van der Waals surface area contributed by atoms with Crippen molar-refractivity contribution in [3.63, 3.8) is 0 Å². The molecule has 1 fully saturated rings. The van der Waals surface area contributed by atoms with Crippen LogP contribution in [0.25, 0.3) is 0 Å². The van der Waals surface area contributed by atoms with Crippen LogP contribution in [0.15, 0.2) is 0 Å². The molecule has 0 saturated carbocycles. The molecule has 4 heteroatoms. The molecular formula is C12H24N2O2. The lowest BCUT2D eigenvalue weighted by molar-refractivity contribution is -0.149. The molecule has 1 atom stereocenters. The van der Waals surface area contributed by atoms with Crippen LogP contribution in [0.5, 0.6) is 0 Å². The van der Waals surface area contributed by atoms with E-state index in [2.05, 4.69) is 0 Å². The second-order valence-corrected chi connectivity index (χ2v) is 6.21. The molecule has 1 amide bonds. The van der Waals surface area contributed by atoms with Crippen LogP contribution in [-0.2, 0) is 9.53 Å².